The summed E-state index contributed by atoms with van der Waals surface area (Å²) >= 11 is 0. The Morgan fingerprint density at radius 2 is 1.75 bits per heavy atom. The molecule has 4 fully saturated rings. The second-order valence-electron chi connectivity index (χ2n) is 14.1. The van der Waals surface area contributed by atoms with Gasteiger partial charge in [-0.2, -0.15) is 8.42 Å². The molecule has 10 atom stereocenters. The fourth-order valence-corrected chi connectivity index (χ4v) is 10.6. The molecule has 8 heteroatoms. The molecule has 0 aromatic heterocycles. The Hall–Kier alpha value is -0.700. The highest BCUT2D eigenvalue weighted by molar-refractivity contribution is 7.85. The Balaban J connectivity index is 1.41. The Morgan fingerprint density at radius 3 is 2.42 bits per heavy atom. The van der Waals surface area contributed by atoms with E-state index in [4.69, 9.17) is 4.55 Å². The molecule has 0 spiro atoms. The molecule has 4 rings (SSSR count). The SMILES string of the molecule is CC(CCC(=O)NC(C)(C)CS(=O)(=O)O)C1CCC2C3CCC4CC(O)CCC4(C)C3CC(O)C12C. The van der Waals surface area contributed by atoms with E-state index in [2.05, 4.69) is 26.1 Å². The monoisotopic (exact) mass is 527 g/mol. The van der Waals surface area contributed by atoms with Crippen LogP contribution in [0.5, 0.6) is 0 Å². The van der Waals surface area contributed by atoms with Gasteiger partial charge in [-0.15, -0.1) is 0 Å². The third-order valence-electron chi connectivity index (χ3n) is 11.4. The molecule has 0 bridgehead atoms. The third-order valence-corrected chi connectivity index (χ3v) is 12.4. The van der Waals surface area contributed by atoms with E-state index >= 15 is 0 Å². The summed E-state index contributed by atoms with van der Waals surface area (Å²) in [4.78, 5) is 12.6. The zero-order valence-corrected chi connectivity index (χ0v) is 23.7. The highest BCUT2D eigenvalue weighted by atomic mass is 32.2. The average molecular weight is 528 g/mol. The second-order valence-corrected chi connectivity index (χ2v) is 15.5. The maximum Gasteiger partial charge on any atom is 0.267 e. The lowest BCUT2D eigenvalue weighted by atomic mass is 9.43. The first kappa shape index (κ1) is 28.3. The molecule has 0 saturated heterocycles. The second kappa shape index (κ2) is 9.80. The van der Waals surface area contributed by atoms with Gasteiger partial charge in [-0.05, 0) is 118 Å². The van der Waals surface area contributed by atoms with E-state index in [-0.39, 0.29) is 34.9 Å². The summed E-state index contributed by atoms with van der Waals surface area (Å²) in [6.45, 7) is 10.1. The van der Waals surface area contributed by atoms with Crippen LogP contribution in [0.15, 0.2) is 0 Å². The average Bonchev–Trinajstić information content (AvgIpc) is 3.10. The number of aliphatic hydroxyl groups excluding tert-OH is 2. The highest BCUT2D eigenvalue weighted by Gasteiger charge is 2.63. The first-order chi connectivity index (χ1) is 16.6. The molecule has 4 saturated carbocycles. The van der Waals surface area contributed by atoms with Crippen LogP contribution in [0, 0.1) is 46.3 Å². The van der Waals surface area contributed by atoms with Gasteiger partial charge in [0.25, 0.3) is 10.1 Å². The number of amides is 1. The maximum absolute atomic E-state index is 12.6. The Morgan fingerprint density at radius 1 is 1.06 bits per heavy atom. The molecular formula is C28H49NO6S. The molecule has 0 aliphatic heterocycles. The topological polar surface area (TPSA) is 124 Å². The zero-order chi connectivity index (χ0) is 26.7. The number of carbonyl (C=O) groups is 1. The van der Waals surface area contributed by atoms with Crippen LogP contribution < -0.4 is 5.32 Å². The maximum atomic E-state index is 12.6. The van der Waals surface area contributed by atoms with Gasteiger partial charge < -0.3 is 15.5 Å². The summed E-state index contributed by atoms with van der Waals surface area (Å²) in [6.07, 6.45) is 8.84. The molecule has 4 aliphatic rings. The van der Waals surface area contributed by atoms with Crippen molar-refractivity contribution in [2.75, 3.05) is 5.75 Å². The smallest absolute Gasteiger partial charge is 0.267 e. The van der Waals surface area contributed by atoms with Crippen LogP contribution in [0.1, 0.15) is 98.8 Å². The van der Waals surface area contributed by atoms with Crippen LogP contribution in [0.25, 0.3) is 0 Å². The number of aliphatic hydroxyl groups is 2. The Bertz CT molecular complexity index is 936. The van der Waals surface area contributed by atoms with E-state index in [1.807, 2.05) is 0 Å². The van der Waals surface area contributed by atoms with Crippen LogP contribution in [0.3, 0.4) is 0 Å². The lowest BCUT2D eigenvalue weighted by Crippen LogP contribution is -2.58. The lowest BCUT2D eigenvalue weighted by molar-refractivity contribution is -0.175. The van der Waals surface area contributed by atoms with Gasteiger partial charge in [0.2, 0.25) is 5.91 Å². The number of hydrogen-bond donors (Lipinski definition) is 4. The quantitative estimate of drug-likeness (QED) is 0.368. The lowest BCUT2D eigenvalue weighted by Gasteiger charge is -2.62. The number of fused-ring (bicyclic) bond motifs is 5. The van der Waals surface area contributed by atoms with Crippen molar-refractivity contribution in [3.05, 3.63) is 0 Å². The van der Waals surface area contributed by atoms with Gasteiger partial charge >= 0.3 is 0 Å². The minimum absolute atomic E-state index is 0.140. The number of nitrogens with one attached hydrogen (secondary N) is 1. The van der Waals surface area contributed by atoms with E-state index in [1.54, 1.807) is 13.8 Å². The van der Waals surface area contributed by atoms with Crippen LogP contribution in [0.2, 0.25) is 0 Å². The first-order valence-electron chi connectivity index (χ1n) is 14.2. The van der Waals surface area contributed by atoms with Crippen molar-refractivity contribution in [3.8, 4) is 0 Å². The largest absolute Gasteiger partial charge is 0.393 e. The summed E-state index contributed by atoms with van der Waals surface area (Å²) in [7, 11) is -4.18. The molecule has 1 amide bonds. The minimum atomic E-state index is -4.18. The zero-order valence-electron chi connectivity index (χ0n) is 22.9. The van der Waals surface area contributed by atoms with Crippen molar-refractivity contribution in [3.63, 3.8) is 0 Å². The van der Waals surface area contributed by atoms with Gasteiger partial charge in [0.1, 0.15) is 0 Å². The highest BCUT2D eigenvalue weighted by Crippen LogP contribution is 2.68. The first-order valence-corrected chi connectivity index (χ1v) is 15.8. The van der Waals surface area contributed by atoms with Gasteiger partial charge in [-0.3, -0.25) is 9.35 Å². The molecule has 208 valence electrons. The fourth-order valence-electron chi connectivity index (χ4n) is 9.65. The van der Waals surface area contributed by atoms with Crippen LogP contribution in [-0.4, -0.2) is 52.6 Å². The molecule has 4 aliphatic carbocycles. The summed E-state index contributed by atoms with van der Waals surface area (Å²) < 4.78 is 31.7. The van der Waals surface area contributed by atoms with Gasteiger partial charge in [0.15, 0.2) is 0 Å². The number of hydrogen-bond acceptors (Lipinski definition) is 5. The third kappa shape index (κ3) is 5.26. The number of carbonyl (C=O) groups excluding carboxylic acids is 1. The van der Waals surface area contributed by atoms with Crippen LogP contribution in [0.4, 0.5) is 0 Å². The van der Waals surface area contributed by atoms with Crippen molar-refractivity contribution in [1.29, 1.82) is 0 Å². The van der Waals surface area contributed by atoms with E-state index in [0.717, 1.165) is 38.5 Å². The van der Waals surface area contributed by atoms with Crippen molar-refractivity contribution in [2.24, 2.45) is 46.3 Å². The molecule has 10 unspecified atom stereocenters. The molecule has 0 aromatic carbocycles. The Labute approximate surface area is 217 Å². The van der Waals surface area contributed by atoms with Crippen molar-refractivity contribution < 1.29 is 28.0 Å². The van der Waals surface area contributed by atoms with E-state index in [9.17, 15) is 23.4 Å². The minimum Gasteiger partial charge on any atom is -0.393 e. The van der Waals surface area contributed by atoms with Crippen molar-refractivity contribution in [2.45, 2.75) is 117 Å². The molecule has 0 radical (unpaired) electrons. The van der Waals surface area contributed by atoms with Gasteiger partial charge in [-0.1, -0.05) is 20.8 Å². The Kier molecular flexibility index (Phi) is 7.71. The van der Waals surface area contributed by atoms with E-state index in [1.165, 1.54) is 12.8 Å². The molecule has 4 N–H and O–H groups in total. The predicted molar refractivity (Wildman–Crippen MR) is 140 cm³/mol. The fraction of sp³-hybridized carbons (Fsp3) is 0.964. The van der Waals surface area contributed by atoms with E-state index < -0.39 is 21.4 Å². The predicted octanol–water partition coefficient (Wildman–Crippen LogP) is 4.18. The van der Waals surface area contributed by atoms with Crippen molar-refractivity contribution in [1.82, 2.24) is 5.32 Å². The van der Waals surface area contributed by atoms with Gasteiger partial charge in [-0.25, -0.2) is 0 Å². The van der Waals surface area contributed by atoms with Crippen LogP contribution in [-0.2, 0) is 14.9 Å². The molecule has 0 aromatic rings. The normalized spacial score (nSPS) is 43.7. The molecule has 36 heavy (non-hydrogen) atoms. The van der Waals surface area contributed by atoms with Crippen molar-refractivity contribution >= 4 is 16.0 Å². The molecular weight excluding hydrogens is 478 g/mol. The van der Waals surface area contributed by atoms with E-state index in [0.29, 0.717) is 42.4 Å². The summed E-state index contributed by atoms with van der Waals surface area (Å²) in [5.74, 6) is 2.15. The summed E-state index contributed by atoms with van der Waals surface area (Å²) in [5, 5.41) is 24.7. The summed E-state index contributed by atoms with van der Waals surface area (Å²) in [6, 6.07) is 0. The number of rotatable bonds is 7. The molecule has 7 nitrogen and oxygen atoms in total. The standard InChI is InChI=1S/C28H49NO6S/c1-17(6-11-25(32)29-26(2,3)16-36(33,34)35)21-9-10-22-20-8-7-18-14-19(30)12-13-27(18,4)23(20)15-24(31)28(21,22)5/h17-24,30-31H,6-16H2,1-5H3,(H,29,32)(H,33,34,35). The van der Waals surface area contributed by atoms with Crippen LogP contribution >= 0.6 is 0 Å². The summed E-state index contributed by atoms with van der Waals surface area (Å²) in [5.41, 5.74) is -0.948. The van der Waals surface area contributed by atoms with Gasteiger partial charge in [0.05, 0.1) is 23.5 Å². The van der Waals surface area contributed by atoms with Gasteiger partial charge in [0, 0.05) is 6.42 Å². The molecule has 0 heterocycles.